The Balaban J connectivity index is 0.000000576. The maximum Gasteiger partial charge on any atom is 0.322 e. The molecule has 26 nitrogen and oxygen atoms in total. The summed E-state index contributed by atoms with van der Waals surface area (Å²) in [5, 5.41) is 33.6. The topological polar surface area (TPSA) is 328 Å². The van der Waals surface area contributed by atoms with E-state index in [-0.39, 0.29) is 36.0 Å². The molecule has 0 aliphatic heterocycles. The summed E-state index contributed by atoms with van der Waals surface area (Å²) in [7, 11) is 3.07. The number of anilines is 8. The molecular weight excluding hydrogens is 1350 g/mol. The van der Waals surface area contributed by atoms with E-state index < -0.39 is 11.1 Å². The first kappa shape index (κ1) is 86.4. The standard InChI is InChI=1S/2C12H11Cl2NO.2C10H19N5O.2C10H19N5S/c2*1-4-12(2,3)15-11(16)8-5-9(13)7-10(14)6-8;4*1-6(2)11-8-13-9(12-7(3)4)15-10(14-8)16-5/h2*1,5-7H,2-3H3,(H,15,16);4*6-7H,1-5H3,(H2,11,12,13,14,15). The van der Waals surface area contributed by atoms with Crippen LogP contribution in [0.2, 0.25) is 20.1 Å². The van der Waals surface area contributed by atoms with Crippen molar-refractivity contribution in [2.24, 2.45) is 0 Å². The number of thioether (sulfide) groups is 2. The van der Waals surface area contributed by atoms with Crippen molar-refractivity contribution in [1.29, 1.82) is 0 Å². The minimum atomic E-state index is -0.703. The molecule has 2 aromatic carbocycles. The summed E-state index contributed by atoms with van der Waals surface area (Å²) in [5.41, 5.74) is -0.626. The molecule has 0 saturated carbocycles. The first-order valence-corrected chi connectivity index (χ1v) is 34.5. The van der Waals surface area contributed by atoms with E-state index in [1.54, 1.807) is 39.8 Å². The SMILES string of the molecule is C#CC(C)(C)NC(=O)c1cc(Cl)cc(Cl)c1.C#CC(C)(C)NC(=O)c1cc(Cl)cc(Cl)c1.COc1nc(NC(C)C)nc(NC(C)C)n1.COc1nc(NC(C)C)nc(NC(C)C)n1.CSc1nc(NC(C)C)nc(NC(C)C)n1.CSc1nc(NC(C)C)nc(NC(C)C)n1. The fraction of sp³-hybridized carbons (Fsp3) is 0.531. The summed E-state index contributed by atoms with van der Waals surface area (Å²) < 4.78 is 10.0. The number of halogens is 4. The van der Waals surface area contributed by atoms with Gasteiger partial charge in [-0.2, -0.15) is 59.8 Å². The van der Waals surface area contributed by atoms with Crippen molar-refractivity contribution in [1.82, 2.24) is 70.4 Å². The molecule has 0 radical (unpaired) electrons. The molecule has 4 heterocycles. The van der Waals surface area contributed by atoms with Gasteiger partial charge in [0.2, 0.25) is 47.6 Å². The predicted molar refractivity (Wildman–Crippen MR) is 400 cm³/mol. The molecule has 6 rings (SSSR count). The van der Waals surface area contributed by atoms with Crippen LogP contribution in [0, 0.1) is 24.7 Å². The van der Waals surface area contributed by atoms with Gasteiger partial charge in [0.05, 0.1) is 25.3 Å². The summed E-state index contributed by atoms with van der Waals surface area (Å²) in [5.74, 6) is 8.91. The maximum atomic E-state index is 11.8. The number of carbonyl (C=O) groups is 2. The van der Waals surface area contributed by atoms with Crippen molar-refractivity contribution in [3.63, 3.8) is 0 Å². The Kier molecular flexibility index (Phi) is 39.2. The van der Waals surface area contributed by atoms with Crippen LogP contribution in [0.3, 0.4) is 0 Å². The summed E-state index contributed by atoms with van der Waals surface area (Å²) in [6, 6.07) is 12.2. The van der Waals surface area contributed by atoms with E-state index in [1.165, 1.54) is 62.0 Å². The maximum absolute atomic E-state index is 11.8. The summed E-state index contributed by atoms with van der Waals surface area (Å²) in [6.45, 7) is 39.5. The number of hydrogen-bond acceptors (Lipinski definition) is 26. The first-order chi connectivity index (χ1) is 44.7. The van der Waals surface area contributed by atoms with Crippen LogP contribution in [0.5, 0.6) is 12.0 Å². The molecule has 6 aromatic rings. The van der Waals surface area contributed by atoms with E-state index in [4.69, 9.17) is 68.7 Å². The van der Waals surface area contributed by atoms with Gasteiger partial charge in [0, 0.05) is 79.6 Å². The number of terminal acetylenes is 2. The largest absolute Gasteiger partial charge is 0.467 e. The molecule has 528 valence electrons. The normalized spacial score (nSPS) is 10.8. The number of rotatable bonds is 24. The summed E-state index contributed by atoms with van der Waals surface area (Å²) in [6.07, 6.45) is 14.5. The molecule has 0 spiro atoms. The molecule has 0 fully saturated rings. The zero-order valence-corrected chi connectivity index (χ0v) is 64.2. The van der Waals surface area contributed by atoms with Crippen LogP contribution in [0.1, 0.15) is 159 Å². The number of carbonyl (C=O) groups excluding carboxylic acids is 2. The monoisotopic (exact) mass is 1440 g/mol. The lowest BCUT2D eigenvalue weighted by Crippen LogP contribution is -2.42. The molecule has 10 N–H and O–H groups in total. The Bertz CT molecular complexity index is 2930. The molecular formula is C64H98Cl4N22O4S2. The van der Waals surface area contributed by atoms with Gasteiger partial charge in [-0.3, -0.25) is 9.59 Å². The van der Waals surface area contributed by atoms with Gasteiger partial charge in [0.1, 0.15) is 0 Å². The number of hydrogen-bond donors (Lipinski definition) is 10. The lowest BCUT2D eigenvalue weighted by Gasteiger charge is -2.19. The Morgan fingerprint density at radius 2 is 0.562 bits per heavy atom. The first-order valence-electron chi connectivity index (χ1n) is 30.6. The molecule has 96 heavy (non-hydrogen) atoms. The molecule has 2 amide bonds. The molecule has 0 atom stereocenters. The van der Waals surface area contributed by atoms with Crippen LogP contribution >= 0.6 is 69.9 Å². The van der Waals surface area contributed by atoms with E-state index in [2.05, 4.69) is 180 Å². The number of benzene rings is 2. The van der Waals surface area contributed by atoms with Gasteiger partial charge in [0.25, 0.3) is 11.8 Å². The molecule has 32 heteroatoms. The Labute approximate surface area is 596 Å². The van der Waals surface area contributed by atoms with E-state index >= 15 is 0 Å². The minimum Gasteiger partial charge on any atom is -0.467 e. The quantitative estimate of drug-likeness (QED) is 0.0199. The second-order valence-electron chi connectivity index (χ2n) is 24.0. The number of amides is 2. The van der Waals surface area contributed by atoms with Crippen molar-refractivity contribution < 1.29 is 19.1 Å². The van der Waals surface area contributed by atoms with E-state index in [0.717, 1.165) is 10.3 Å². The predicted octanol–water partition coefficient (Wildman–Crippen LogP) is 13.8. The van der Waals surface area contributed by atoms with Gasteiger partial charge < -0.3 is 62.6 Å². The third-order valence-electron chi connectivity index (χ3n) is 10.4. The summed E-state index contributed by atoms with van der Waals surface area (Å²) in [4.78, 5) is 74.3. The average Bonchev–Trinajstić information content (AvgIpc) is 0.983. The second kappa shape index (κ2) is 43.5. The molecule has 0 unspecified atom stereocenters. The zero-order chi connectivity index (χ0) is 73.2. The van der Waals surface area contributed by atoms with Crippen molar-refractivity contribution in [2.45, 2.75) is 208 Å². The van der Waals surface area contributed by atoms with Crippen LogP contribution in [-0.4, -0.2) is 158 Å². The zero-order valence-electron chi connectivity index (χ0n) is 59.6. The van der Waals surface area contributed by atoms with Gasteiger partial charge in [0.15, 0.2) is 10.3 Å². The van der Waals surface area contributed by atoms with Crippen molar-refractivity contribution >= 4 is 129 Å². The molecule has 0 aliphatic rings. The van der Waals surface area contributed by atoms with Crippen LogP contribution in [0.4, 0.5) is 47.6 Å². The smallest absolute Gasteiger partial charge is 0.322 e. The van der Waals surface area contributed by atoms with Gasteiger partial charge in [-0.15, -0.1) is 12.8 Å². The van der Waals surface area contributed by atoms with Gasteiger partial charge >= 0.3 is 12.0 Å². The molecule has 4 aromatic heterocycles. The Hall–Kier alpha value is -7.60. The average molecular weight is 1450 g/mol. The van der Waals surface area contributed by atoms with Gasteiger partial charge in [-0.25, -0.2) is 0 Å². The molecule has 0 saturated heterocycles. The Morgan fingerprint density at radius 1 is 0.375 bits per heavy atom. The molecule has 0 aliphatic carbocycles. The minimum absolute atomic E-state index is 0.263. The number of methoxy groups -OCH3 is 2. The van der Waals surface area contributed by atoms with Crippen molar-refractivity contribution in [2.75, 3.05) is 69.3 Å². The van der Waals surface area contributed by atoms with Crippen LogP contribution in [0.25, 0.3) is 0 Å². The third kappa shape index (κ3) is 38.2. The number of nitrogens with one attached hydrogen (secondary N) is 10. The van der Waals surface area contributed by atoms with Crippen LogP contribution in [-0.2, 0) is 0 Å². The van der Waals surface area contributed by atoms with Crippen molar-refractivity contribution in [3.8, 4) is 36.7 Å². The lowest BCUT2D eigenvalue weighted by molar-refractivity contribution is 0.0921. The van der Waals surface area contributed by atoms with Gasteiger partial charge in [-0.05, 0) is 187 Å². The highest BCUT2D eigenvalue weighted by Gasteiger charge is 2.21. The van der Waals surface area contributed by atoms with E-state index in [9.17, 15) is 9.59 Å². The highest BCUT2D eigenvalue weighted by Crippen LogP contribution is 2.22. The van der Waals surface area contributed by atoms with Gasteiger partial charge in [-0.1, -0.05) is 81.8 Å². The lowest BCUT2D eigenvalue weighted by atomic mass is 10.1. The number of aromatic nitrogens is 12. The molecule has 0 bridgehead atoms. The fourth-order valence-electron chi connectivity index (χ4n) is 6.53. The van der Waals surface area contributed by atoms with E-state index in [1.807, 2.05) is 67.9 Å². The number of nitrogens with zero attached hydrogens (tertiary/aromatic N) is 12. The Morgan fingerprint density at radius 3 is 0.719 bits per heavy atom. The third-order valence-corrected chi connectivity index (χ3v) is 12.3. The van der Waals surface area contributed by atoms with E-state index in [0.29, 0.717) is 115 Å². The van der Waals surface area contributed by atoms with Crippen molar-refractivity contribution in [3.05, 3.63) is 67.6 Å². The van der Waals surface area contributed by atoms with Crippen LogP contribution < -0.4 is 62.6 Å². The second-order valence-corrected chi connectivity index (χ2v) is 27.3. The highest BCUT2D eigenvalue weighted by molar-refractivity contribution is 7.98. The summed E-state index contributed by atoms with van der Waals surface area (Å²) >= 11 is 26.2. The number of ether oxygens (including phenoxy) is 2. The van der Waals surface area contributed by atoms with Crippen LogP contribution in [0.15, 0.2) is 46.7 Å². The highest BCUT2D eigenvalue weighted by atomic mass is 35.5. The fourth-order valence-corrected chi connectivity index (χ4v) is 8.29.